The first-order valence-electron chi connectivity index (χ1n) is 4.97. The lowest BCUT2D eigenvalue weighted by Crippen LogP contribution is -2.19. The largest absolute Gasteiger partial charge is 0.456 e. The summed E-state index contributed by atoms with van der Waals surface area (Å²) in [7, 11) is 0. The number of primary amides is 1. The van der Waals surface area contributed by atoms with Crippen molar-refractivity contribution < 1.29 is 14.3 Å². The number of esters is 1. The summed E-state index contributed by atoms with van der Waals surface area (Å²) in [5, 5.41) is 2.42. The third-order valence-corrected chi connectivity index (χ3v) is 1.74. The summed E-state index contributed by atoms with van der Waals surface area (Å²) in [4.78, 5) is 21.5. The first-order valence-corrected chi connectivity index (χ1v) is 4.97. The second-order valence-corrected chi connectivity index (χ2v) is 3.04. The molecule has 0 fully saturated rings. The van der Waals surface area contributed by atoms with E-state index in [2.05, 4.69) is 21.9 Å². The molecule has 0 bridgehead atoms. The maximum Gasteiger partial charge on any atom is 0.384 e. The van der Waals surface area contributed by atoms with Gasteiger partial charge in [-0.1, -0.05) is 5.92 Å². The van der Waals surface area contributed by atoms with Gasteiger partial charge in [-0.05, 0) is 31.2 Å². The van der Waals surface area contributed by atoms with Crippen LogP contribution in [0.25, 0.3) is 0 Å². The summed E-state index contributed by atoms with van der Waals surface area (Å²) in [6.45, 7) is 2.01. The number of ether oxygens (including phenoxy) is 1. The fourth-order valence-corrected chi connectivity index (χ4v) is 1.07. The topological polar surface area (TPSA) is 81.4 Å². The second-order valence-electron chi connectivity index (χ2n) is 3.04. The first kappa shape index (κ1) is 12.6. The molecule has 0 atom stereocenters. The normalized spacial score (nSPS) is 8.76. The molecule has 0 aromatic heterocycles. The van der Waals surface area contributed by atoms with Gasteiger partial charge in [0.15, 0.2) is 0 Å². The standard InChI is InChI=1S/C12H12N2O3/c1-2-17-11(15)8-5-9-3-6-10(7-4-9)14-12(13)16/h3-4,6-7H,2H2,1H3,(H3,13,14,16). The SMILES string of the molecule is CCOC(=O)C#Cc1ccc(NC(N)=O)cc1. The zero-order valence-electron chi connectivity index (χ0n) is 9.32. The highest BCUT2D eigenvalue weighted by Crippen LogP contribution is 2.07. The molecule has 1 rings (SSSR count). The van der Waals surface area contributed by atoms with Crippen LogP contribution in [0.1, 0.15) is 12.5 Å². The van der Waals surface area contributed by atoms with Crippen molar-refractivity contribution in [3.8, 4) is 11.8 Å². The highest BCUT2D eigenvalue weighted by molar-refractivity contribution is 5.89. The maximum absolute atomic E-state index is 11.0. The number of anilines is 1. The number of benzene rings is 1. The minimum atomic E-state index is -0.629. The molecule has 5 nitrogen and oxygen atoms in total. The molecule has 0 saturated heterocycles. The van der Waals surface area contributed by atoms with Crippen LogP contribution in [-0.2, 0) is 9.53 Å². The van der Waals surface area contributed by atoms with Crippen molar-refractivity contribution in [1.29, 1.82) is 0 Å². The zero-order chi connectivity index (χ0) is 12.7. The van der Waals surface area contributed by atoms with E-state index in [1.807, 2.05) is 0 Å². The van der Waals surface area contributed by atoms with E-state index >= 15 is 0 Å². The Hall–Kier alpha value is -2.48. The maximum atomic E-state index is 11.0. The van der Waals surface area contributed by atoms with Crippen LogP contribution in [0.5, 0.6) is 0 Å². The Morgan fingerprint density at radius 3 is 2.53 bits per heavy atom. The fourth-order valence-electron chi connectivity index (χ4n) is 1.07. The van der Waals surface area contributed by atoms with Crippen LogP contribution < -0.4 is 11.1 Å². The van der Waals surface area contributed by atoms with Gasteiger partial charge in [0.2, 0.25) is 0 Å². The molecule has 1 aromatic carbocycles. The summed E-state index contributed by atoms with van der Waals surface area (Å²) in [6.07, 6.45) is 0. The lowest BCUT2D eigenvalue weighted by Gasteiger charge is -2.00. The monoisotopic (exact) mass is 232 g/mol. The molecule has 3 N–H and O–H groups in total. The quantitative estimate of drug-likeness (QED) is 0.591. The van der Waals surface area contributed by atoms with Gasteiger partial charge in [0, 0.05) is 17.2 Å². The number of hydrogen-bond donors (Lipinski definition) is 2. The molecule has 0 saturated carbocycles. The number of amides is 2. The van der Waals surface area contributed by atoms with Crippen LogP contribution in [0.15, 0.2) is 24.3 Å². The Labute approximate surface area is 98.9 Å². The van der Waals surface area contributed by atoms with Crippen molar-refractivity contribution in [3.63, 3.8) is 0 Å². The van der Waals surface area contributed by atoms with Crippen molar-refractivity contribution >= 4 is 17.7 Å². The molecule has 2 amide bonds. The number of rotatable bonds is 2. The minimum Gasteiger partial charge on any atom is -0.456 e. The molecule has 5 heteroatoms. The van der Waals surface area contributed by atoms with Crippen molar-refractivity contribution in [2.75, 3.05) is 11.9 Å². The molecule has 0 aliphatic rings. The molecule has 0 aliphatic heterocycles. The van der Waals surface area contributed by atoms with Gasteiger partial charge in [0.1, 0.15) is 0 Å². The third-order valence-electron chi connectivity index (χ3n) is 1.74. The summed E-state index contributed by atoms with van der Waals surface area (Å²) < 4.78 is 4.65. The number of nitrogens with one attached hydrogen (secondary N) is 1. The molecular weight excluding hydrogens is 220 g/mol. The van der Waals surface area contributed by atoms with E-state index in [0.717, 1.165) is 0 Å². The number of urea groups is 1. The van der Waals surface area contributed by atoms with E-state index in [1.165, 1.54) is 0 Å². The van der Waals surface area contributed by atoms with Crippen molar-refractivity contribution in [2.45, 2.75) is 6.92 Å². The Kier molecular flexibility index (Phi) is 4.58. The molecule has 0 radical (unpaired) electrons. The van der Waals surface area contributed by atoms with Crippen LogP contribution in [0, 0.1) is 11.8 Å². The first-order chi connectivity index (χ1) is 8.11. The van der Waals surface area contributed by atoms with Crippen LogP contribution in [0.3, 0.4) is 0 Å². The Bertz CT molecular complexity index is 469. The predicted molar refractivity (Wildman–Crippen MR) is 63.2 cm³/mol. The van der Waals surface area contributed by atoms with E-state index in [4.69, 9.17) is 5.73 Å². The predicted octanol–water partition coefficient (Wildman–Crippen LogP) is 1.09. The summed E-state index contributed by atoms with van der Waals surface area (Å²) >= 11 is 0. The lowest BCUT2D eigenvalue weighted by atomic mass is 10.2. The van der Waals surface area contributed by atoms with Gasteiger partial charge in [0.25, 0.3) is 0 Å². The molecule has 0 unspecified atom stereocenters. The van der Waals surface area contributed by atoms with Gasteiger partial charge >= 0.3 is 12.0 Å². The van der Waals surface area contributed by atoms with Gasteiger partial charge in [-0.15, -0.1) is 0 Å². The average molecular weight is 232 g/mol. The number of nitrogens with two attached hydrogens (primary N) is 1. The Morgan fingerprint density at radius 2 is 2.00 bits per heavy atom. The molecule has 88 valence electrons. The van der Waals surface area contributed by atoms with E-state index in [1.54, 1.807) is 31.2 Å². The minimum absolute atomic E-state index is 0.301. The third kappa shape index (κ3) is 4.71. The summed E-state index contributed by atoms with van der Waals surface area (Å²) in [5.41, 5.74) is 6.17. The number of carbonyl (C=O) groups is 2. The smallest absolute Gasteiger partial charge is 0.384 e. The zero-order valence-corrected chi connectivity index (χ0v) is 9.32. The van der Waals surface area contributed by atoms with E-state index in [-0.39, 0.29) is 0 Å². The van der Waals surface area contributed by atoms with Crippen LogP contribution >= 0.6 is 0 Å². The van der Waals surface area contributed by atoms with Gasteiger partial charge in [0.05, 0.1) is 6.61 Å². The van der Waals surface area contributed by atoms with Crippen molar-refractivity contribution in [2.24, 2.45) is 5.73 Å². The van der Waals surface area contributed by atoms with E-state index in [9.17, 15) is 9.59 Å². The second kappa shape index (κ2) is 6.18. The van der Waals surface area contributed by atoms with E-state index in [0.29, 0.717) is 17.9 Å². The molecule has 0 spiro atoms. The summed E-state index contributed by atoms with van der Waals surface area (Å²) in [5.74, 6) is 4.42. The van der Waals surface area contributed by atoms with Crippen LogP contribution in [0.4, 0.5) is 10.5 Å². The molecular formula is C12H12N2O3. The molecule has 17 heavy (non-hydrogen) atoms. The van der Waals surface area contributed by atoms with Crippen molar-refractivity contribution in [3.05, 3.63) is 29.8 Å². The summed E-state index contributed by atoms with van der Waals surface area (Å²) in [6, 6.07) is 5.98. The number of hydrogen-bond acceptors (Lipinski definition) is 3. The Balaban J connectivity index is 2.68. The highest BCUT2D eigenvalue weighted by atomic mass is 16.5. The van der Waals surface area contributed by atoms with Gasteiger partial charge in [-0.2, -0.15) is 0 Å². The average Bonchev–Trinajstić information content (AvgIpc) is 2.28. The molecule has 0 heterocycles. The fraction of sp³-hybridized carbons (Fsp3) is 0.167. The highest BCUT2D eigenvalue weighted by Gasteiger charge is 1.96. The van der Waals surface area contributed by atoms with E-state index < -0.39 is 12.0 Å². The number of carbonyl (C=O) groups excluding carboxylic acids is 2. The molecule has 1 aromatic rings. The van der Waals surface area contributed by atoms with Crippen molar-refractivity contribution in [1.82, 2.24) is 0 Å². The molecule has 0 aliphatic carbocycles. The van der Waals surface area contributed by atoms with Gasteiger partial charge in [-0.25, -0.2) is 9.59 Å². The van der Waals surface area contributed by atoms with Crippen LogP contribution in [-0.4, -0.2) is 18.6 Å². The van der Waals surface area contributed by atoms with Gasteiger partial charge in [-0.3, -0.25) is 0 Å². The Morgan fingerprint density at radius 1 is 1.35 bits per heavy atom. The van der Waals surface area contributed by atoms with Gasteiger partial charge < -0.3 is 15.8 Å². The lowest BCUT2D eigenvalue weighted by molar-refractivity contribution is -0.136. The van der Waals surface area contributed by atoms with Crippen LogP contribution in [0.2, 0.25) is 0 Å².